The lowest BCUT2D eigenvalue weighted by molar-refractivity contribution is -0.108. The molecule has 3 rings (SSSR count). The van der Waals surface area contributed by atoms with E-state index in [1.807, 2.05) is 30.3 Å². The molecule has 0 spiro atoms. The highest BCUT2D eigenvalue weighted by Gasteiger charge is 2.19. The fourth-order valence-electron chi connectivity index (χ4n) is 2.28. The van der Waals surface area contributed by atoms with Gasteiger partial charge >= 0.3 is 0 Å². The maximum Gasteiger partial charge on any atom is 0.293 e. The first-order chi connectivity index (χ1) is 10.7. The highest BCUT2D eigenvalue weighted by Crippen LogP contribution is 2.28. The van der Waals surface area contributed by atoms with Crippen molar-refractivity contribution in [3.05, 3.63) is 65.9 Å². The van der Waals surface area contributed by atoms with Crippen molar-refractivity contribution in [2.75, 3.05) is 0 Å². The number of aromatic nitrogens is 1. The van der Waals surface area contributed by atoms with Gasteiger partial charge in [-0.2, -0.15) is 0 Å². The Hall–Kier alpha value is -2.59. The number of para-hydroxylation sites is 1. The minimum absolute atomic E-state index is 0.250. The van der Waals surface area contributed by atoms with Crippen LogP contribution in [0.5, 0.6) is 5.75 Å². The zero-order valence-corrected chi connectivity index (χ0v) is 12.3. The van der Waals surface area contributed by atoms with Gasteiger partial charge in [0, 0.05) is 11.6 Å². The molecular weight excluding hydrogens is 302 g/mol. The van der Waals surface area contributed by atoms with E-state index < -0.39 is 11.0 Å². The lowest BCUT2D eigenvalue weighted by Gasteiger charge is -2.07. The predicted molar refractivity (Wildman–Crippen MR) is 84.3 cm³/mol. The van der Waals surface area contributed by atoms with Crippen LogP contribution in [-0.2, 0) is 11.4 Å². The summed E-state index contributed by atoms with van der Waals surface area (Å²) >= 11 is 5.27. The van der Waals surface area contributed by atoms with E-state index in [0.29, 0.717) is 23.3 Å². The SMILES string of the molecule is O=C(Cl)C(=O)c1c[nH]c2c(OCc3ccccc3)cccc12. The summed E-state index contributed by atoms with van der Waals surface area (Å²) in [5, 5.41) is -0.388. The quantitative estimate of drug-likeness (QED) is 0.444. The zero-order chi connectivity index (χ0) is 15.5. The largest absolute Gasteiger partial charge is 0.487 e. The number of carbonyl (C=O) groups excluding carboxylic acids is 2. The highest BCUT2D eigenvalue weighted by atomic mass is 35.5. The minimum atomic E-state index is -1.00. The van der Waals surface area contributed by atoms with E-state index in [1.165, 1.54) is 6.20 Å². The van der Waals surface area contributed by atoms with Gasteiger partial charge in [-0.05, 0) is 23.2 Å². The number of ketones is 1. The van der Waals surface area contributed by atoms with Gasteiger partial charge < -0.3 is 9.72 Å². The van der Waals surface area contributed by atoms with Crippen molar-refractivity contribution in [2.45, 2.75) is 6.61 Å². The predicted octanol–water partition coefficient (Wildman–Crippen LogP) is 3.70. The van der Waals surface area contributed by atoms with Crippen LogP contribution in [0.15, 0.2) is 54.7 Å². The highest BCUT2D eigenvalue weighted by molar-refractivity contribution is 6.83. The Morgan fingerprint density at radius 2 is 1.82 bits per heavy atom. The molecule has 0 aliphatic heterocycles. The molecule has 0 aliphatic carbocycles. The topological polar surface area (TPSA) is 59.2 Å². The Balaban J connectivity index is 1.91. The van der Waals surface area contributed by atoms with Crippen LogP contribution in [0.4, 0.5) is 0 Å². The number of hydrogen-bond acceptors (Lipinski definition) is 3. The second kappa shape index (κ2) is 6.03. The smallest absolute Gasteiger partial charge is 0.293 e. The first-order valence-electron chi connectivity index (χ1n) is 6.68. The summed E-state index contributed by atoms with van der Waals surface area (Å²) in [6.45, 7) is 0.413. The van der Waals surface area contributed by atoms with Gasteiger partial charge in [-0.25, -0.2) is 0 Å². The van der Waals surface area contributed by atoms with E-state index in [0.717, 1.165) is 5.56 Å². The first-order valence-corrected chi connectivity index (χ1v) is 7.05. The van der Waals surface area contributed by atoms with Crippen molar-refractivity contribution in [1.29, 1.82) is 0 Å². The number of rotatable bonds is 5. The Morgan fingerprint density at radius 3 is 2.55 bits per heavy atom. The molecule has 5 heteroatoms. The Bertz CT molecular complexity index is 839. The summed E-state index contributed by atoms with van der Waals surface area (Å²) in [7, 11) is 0. The normalized spacial score (nSPS) is 10.6. The van der Waals surface area contributed by atoms with Crippen LogP contribution in [-0.4, -0.2) is 16.0 Å². The van der Waals surface area contributed by atoms with Gasteiger partial charge in [0.05, 0.1) is 11.1 Å². The van der Waals surface area contributed by atoms with Gasteiger partial charge in [-0.1, -0.05) is 42.5 Å². The van der Waals surface area contributed by atoms with Crippen LogP contribution >= 0.6 is 11.6 Å². The summed E-state index contributed by atoms with van der Waals surface area (Å²) in [6, 6.07) is 15.1. The molecular formula is C17H12ClNO3. The number of nitrogens with one attached hydrogen (secondary N) is 1. The number of ether oxygens (including phenoxy) is 1. The molecule has 0 bridgehead atoms. The molecule has 0 atom stereocenters. The number of aromatic amines is 1. The van der Waals surface area contributed by atoms with Crippen LogP contribution in [0, 0.1) is 0 Å². The molecule has 2 aromatic carbocycles. The molecule has 0 unspecified atom stereocenters. The second-order valence-electron chi connectivity index (χ2n) is 4.76. The van der Waals surface area contributed by atoms with Crippen molar-refractivity contribution in [1.82, 2.24) is 4.98 Å². The number of fused-ring (bicyclic) bond motifs is 1. The molecule has 0 saturated carbocycles. The van der Waals surface area contributed by atoms with Crippen molar-refractivity contribution in [3.8, 4) is 5.75 Å². The van der Waals surface area contributed by atoms with Gasteiger partial charge in [-0.3, -0.25) is 9.59 Å². The summed E-state index contributed by atoms with van der Waals surface area (Å²) in [6.07, 6.45) is 1.47. The Labute approximate surface area is 131 Å². The summed E-state index contributed by atoms with van der Waals surface area (Å²) < 4.78 is 5.80. The molecule has 0 aliphatic rings. The molecule has 0 radical (unpaired) electrons. The number of benzene rings is 2. The third kappa shape index (κ3) is 2.73. The van der Waals surface area contributed by atoms with E-state index >= 15 is 0 Å². The maximum atomic E-state index is 11.8. The fraction of sp³-hybridized carbons (Fsp3) is 0.0588. The van der Waals surface area contributed by atoms with Crippen LogP contribution in [0.2, 0.25) is 0 Å². The number of halogens is 1. The van der Waals surface area contributed by atoms with E-state index in [-0.39, 0.29) is 5.56 Å². The van der Waals surface area contributed by atoms with Crippen LogP contribution in [0.1, 0.15) is 15.9 Å². The third-order valence-corrected chi connectivity index (χ3v) is 3.51. The van der Waals surface area contributed by atoms with E-state index in [1.54, 1.807) is 18.2 Å². The third-order valence-electron chi connectivity index (χ3n) is 3.34. The lowest BCUT2D eigenvalue weighted by Crippen LogP contribution is -2.06. The molecule has 1 N–H and O–H groups in total. The molecule has 0 amide bonds. The molecule has 3 aromatic rings. The molecule has 110 valence electrons. The summed E-state index contributed by atoms with van der Waals surface area (Å²) in [5.74, 6) is -0.115. The maximum absolute atomic E-state index is 11.8. The number of H-pyrrole nitrogens is 1. The van der Waals surface area contributed by atoms with Gasteiger partial charge in [0.15, 0.2) is 0 Å². The Kier molecular flexibility index (Phi) is 3.94. The molecule has 4 nitrogen and oxygen atoms in total. The number of hydrogen-bond donors (Lipinski definition) is 1. The fourth-order valence-corrected chi connectivity index (χ4v) is 2.38. The number of carbonyl (C=O) groups is 2. The van der Waals surface area contributed by atoms with Crippen molar-refractivity contribution >= 4 is 33.5 Å². The molecule has 1 heterocycles. The van der Waals surface area contributed by atoms with E-state index in [9.17, 15) is 9.59 Å². The summed E-state index contributed by atoms with van der Waals surface area (Å²) in [5.41, 5.74) is 1.96. The van der Waals surface area contributed by atoms with Crippen molar-refractivity contribution in [3.63, 3.8) is 0 Å². The summed E-state index contributed by atoms with van der Waals surface area (Å²) in [4.78, 5) is 25.8. The van der Waals surface area contributed by atoms with Gasteiger partial charge in [0.1, 0.15) is 12.4 Å². The van der Waals surface area contributed by atoms with Crippen LogP contribution in [0.25, 0.3) is 10.9 Å². The molecule has 22 heavy (non-hydrogen) atoms. The first kappa shape index (κ1) is 14.4. The standard InChI is InChI=1S/C17H12ClNO3/c18-17(21)16(20)13-9-19-15-12(13)7-4-8-14(15)22-10-11-5-2-1-3-6-11/h1-9,19H,10H2. The minimum Gasteiger partial charge on any atom is -0.487 e. The van der Waals surface area contributed by atoms with Gasteiger partial charge in [-0.15, -0.1) is 0 Å². The van der Waals surface area contributed by atoms with Crippen molar-refractivity contribution < 1.29 is 14.3 Å². The second-order valence-corrected chi connectivity index (χ2v) is 5.10. The van der Waals surface area contributed by atoms with E-state index in [4.69, 9.17) is 16.3 Å². The lowest BCUT2D eigenvalue weighted by atomic mass is 10.1. The van der Waals surface area contributed by atoms with Crippen LogP contribution in [0.3, 0.4) is 0 Å². The van der Waals surface area contributed by atoms with Gasteiger partial charge in [0.2, 0.25) is 5.78 Å². The zero-order valence-electron chi connectivity index (χ0n) is 11.5. The van der Waals surface area contributed by atoms with Crippen LogP contribution < -0.4 is 4.74 Å². The van der Waals surface area contributed by atoms with Gasteiger partial charge in [0.25, 0.3) is 5.24 Å². The molecule has 1 aromatic heterocycles. The Morgan fingerprint density at radius 1 is 1.05 bits per heavy atom. The molecule has 0 fully saturated rings. The molecule has 0 saturated heterocycles. The van der Waals surface area contributed by atoms with E-state index in [2.05, 4.69) is 4.98 Å². The monoisotopic (exact) mass is 313 g/mol. The average molecular weight is 314 g/mol. The van der Waals surface area contributed by atoms with Crippen molar-refractivity contribution in [2.24, 2.45) is 0 Å². The average Bonchev–Trinajstić information content (AvgIpc) is 2.97. The number of Topliss-reactive ketones (excluding diaryl/α,β-unsaturated/α-hetero) is 1.